The number of amides is 1. The average molecular weight is 295 g/mol. The Morgan fingerprint density at radius 1 is 1.43 bits per heavy atom. The first kappa shape index (κ1) is 17.4. The van der Waals surface area contributed by atoms with Crippen molar-refractivity contribution in [2.45, 2.75) is 33.7 Å². The molecule has 0 bridgehead atoms. The minimum atomic E-state index is -0.180. The summed E-state index contributed by atoms with van der Waals surface area (Å²) >= 11 is 0. The molecule has 1 amide bonds. The second-order valence-electron chi connectivity index (χ2n) is 5.42. The fourth-order valence-electron chi connectivity index (χ4n) is 2.01. The van der Waals surface area contributed by atoms with Gasteiger partial charge in [-0.15, -0.1) is 0 Å². The van der Waals surface area contributed by atoms with Crippen molar-refractivity contribution < 1.29 is 9.53 Å². The van der Waals surface area contributed by atoms with Gasteiger partial charge in [0.1, 0.15) is 5.69 Å². The molecule has 118 valence electrons. The van der Waals surface area contributed by atoms with Gasteiger partial charge >= 0.3 is 0 Å². The molecule has 0 aliphatic heterocycles. The van der Waals surface area contributed by atoms with Crippen molar-refractivity contribution in [1.82, 2.24) is 14.7 Å². The Kier molecular flexibility index (Phi) is 7.08. The van der Waals surface area contributed by atoms with Gasteiger partial charge in [0.25, 0.3) is 11.5 Å². The van der Waals surface area contributed by atoms with Crippen LogP contribution in [-0.2, 0) is 11.3 Å². The highest BCUT2D eigenvalue weighted by Crippen LogP contribution is 2.05. The maximum atomic E-state index is 12.5. The summed E-state index contributed by atoms with van der Waals surface area (Å²) in [6, 6.07) is 2.90. The van der Waals surface area contributed by atoms with Gasteiger partial charge in [-0.3, -0.25) is 9.59 Å². The third-order valence-electron chi connectivity index (χ3n) is 2.96. The number of nitrogens with zero attached hydrogens (tertiary/aromatic N) is 3. The first-order valence-corrected chi connectivity index (χ1v) is 7.36. The van der Waals surface area contributed by atoms with Crippen LogP contribution in [0, 0.1) is 5.92 Å². The van der Waals surface area contributed by atoms with E-state index in [1.807, 2.05) is 6.92 Å². The van der Waals surface area contributed by atoms with Crippen LogP contribution in [0.3, 0.4) is 0 Å². The number of methoxy groups -OCH3 is 1. The monoisotopic (exact) mass is 295 g/mol. The number of hydrogen-bond donors (Lipinski definition) is 0. The molecule has 0 aliphatic rings. The predicted molar refractivity (Wildman–Crippen MR) is 81.4 cm³/mol. The topological polar surface area (TPSA) is 64.4 Å². The Morgan fingerprint density at radius 2 is 2.14 bits per heavy atom. The van der Waals surface area contributed by atoms with Crippen LogP contribution in [0.2, 0.25) is 0 Å². The van der Waals surface area contributed by atoms with Crippen molar-refractivity contribution in [3.05, 3.63) is 28.2 Å². The Hall–Kier alpha value is -1.69. The van der Waals surface area contributed by atoms with Crippen molar-refractivity contribution in [2.24, 2.45) is 5.92 Å². The summed E-state index contributed by atoms with van der Waals surface area (Å²) in [5.41, 5.74) is 0.125. The number of aromatic nitrogens is 2. The van der Waals surface area contributed by atoms with Crippen LogP contribution in [0.4, 0.5) is 0 Å². The van der Waals surface area contributed by atoms with Gasteiger partial charge in [0.2, 0.25) is 0 Å². The van der Waals surface area contributed by atoms with Crippen LogP contribution in [0.15, 0.2) is 16.9 Å². The number of ether oxygens (including phenoxy) is 1. The molecule has 1 heterocycles. The molecule has 21 heavy (non-hydrogen) atoms. The molecule has 6 heteroatoms. The fraction of sp³-hybridized carbons (Fsp3) is 0.667. The van der Waals surface area contributed by atoms with Gasteiger partial charge in [0.15, 0.2) is 0 Å². The fourth-order valence-corrected chi connectivity index (χ4v) is 2.01. The van der Waals surface area contributed by atoms with Gasteiger partial charge in [-0.2, -0.15) is 5.10 Å². The van der Waals surface area contributed by atoms with Crippen LogP contribution in [0.5, 0.6) is 0 Å². The normalized spacial score (nSPS) is 10.9. The van der Waals surface area contributed by atoms with E-state index >= 15 is 0 Å². The summed E-state index contributed by atoms with van der Waals surface area (Å²) in [5.74, 6) is 0.193. The zero-order valence-electron chi connectivity index (χ0n) is 13.3. The minimum Gasteiger partial charge on any atom is -0.383 e. The average Bonchev–Trinajstić information content (AvgIpc) is 2.45. The van der Waals surface area contributed by atoms with Crippen LogP contribution >= 0.6 is 0 Å². The van der Waals surface area contributed by atoms with Crippen molar-refractivity contribution in [1.29, 1.82) is 0 Å². The van der Waals surface area contributed by atoms with Gasteiger partial charge in [0, 0.05) is 32.8 Å². The lowest BCUT2D eigenvalue weighted by molar-refractivity contribution is 0.0663. The van der Waals surface area contributed by atoms with E-state index in [0.29, 0.717) is 37.9 Å². The zero-order chi connectivity index (χ0) is 15.8. The molecule has 0 saturated heterocycles. The lowest BCUT2D eigenvalue weighted by Gasteiger charge is -2.24. The van der Waals surface area contributed by atoms with Gasteiger partial charge in [-0.1, -0.05) is 20.8 Å². The smallest absolute Gasteiger partial charge is 0.274 e. The van der Waals surface area contributed by atoms with Crippen LogP contribution < -0.4 is 5.56 Å². The van der Waals surface area contributed by atoms with E-state index in [2.05, 4.69) is 18.9 Å². The molecule has 0 radical (unpaired) electrons. The van der Waals surface area contributed by atoms with E-state index < -0.39 is 0 Å². The van der Waals surface area contributed by atoms with E-state index in [4.69, 9.17) is 4.74 Å². The van der Waals surface area contributed by atoms with Crippen molar-refractivity contribution in [3.63, 3.8) is 0 Å². The Labute approximate surface area is 125 Å². The van der Waals surface area contributed by atoms with Gasteiger partial charge in [0.05, 0.1) is 6.61 Å². The standard InChI is InChI=1S/C15H25N3O3/c1-5-8-18-14(19)7-6-13(16-18)15(20)17(9-10-21-4)11-12(2)3/h6-7,12H,5,8-11H2,1-4H3. The second kappa shape index (κ2) is 8.56. The summed E-state index contributed by atoms with van der Waals surface area (Å²) in [6.07, 6.45) is 0.796. The summed E-state index contributed by atoms with van der Waals surface area (Å²) in [7, 11) is 1.61. The van der Waals surface area contributed by atoms with Gasteiger partial charge in [-0.05, 0) is 18.4 Å². The van der Waals surface area contributed by atoms with E-state index in [1.54, 1.807) is 12.0 Å². The molecule has 1 aromatic rings. The number of hydrogen-bond acceptors (Lipinski definition) is 4. The van der Waals surface area contributed by atoms with E-state index in [1.165, 1.54) is 16.8 Å². The number of carbonyl (C=O) groups excluding carboxylic acids is 1. The molecule has 0 spiro atoms. The highest BCUT2D eigenvalue weighted by atomic mass is 16.5. The molecule has 0 fully saturated rings. The quantitative estimate of drug-likeness (QED) is 0.727. The molecule has 1 rings (SSSR count). The van der Waals surface area contributed by atoms with E-state index in [9.17, 15) is 9.59 Å². The second-order valence-corrected chi connectivity index (χ2v) is 5.42. The van der Waals surface area contributed by atoms with Gasteiger partial charge in [-0.25, -0.2) is 4.68 Å². The third-order valence-corrected chi connectivity index (χ3v) is 2.96. The van der Waals surface area contributed by atoms with E-state index in [0.717, 1.165) is 6.42 Å². The lowest BCUT2D eigenvalue weighted by atomic mass is 10.2. The Balaban J connectivity index is 2.96. The maximum Gasteiger partial charge on any atom is 0.274 e. The van der Waals surface area contributed by atoms with Gasteiger partial charge < -0.3 is 9.64 Å². The summed E-state index contributed by atoms with van der Waals surface area (Å²) < 4.78 is 6.40. The van der Waals surface area contributed by atoms with Crippen LogP contribution in [-0.4, -0.2) is 47.4 Å². The lowest BCUT2D eigenvalue weighted by Crippen LogP contribution is -2.38. The molecule has 0 saturated carbocycles. The summed E-state index contributed by atoms with van der Waals surface area (Å²) in [5, 5.41) is 4.17. The number of carbonyl (C=O) groups is 1. The predicted octanol–water partition coefficient (Wildman–Crippen LogP) is 1.40. The molecule has 0 unspecified atom stereocenters. The zero-order valence-corrected chi connectivity index (χ0v) is 13.3. The first-order valence-electron chi connectivity index (χ1n) is 7.36. The molecule has 6 nitrogen and oxygen atoms in total. The molecule has 1 aromatic heterocycles. The molecule has 0 N–H and O–H groups in total. The Morgan fingerprint density at radius 3 is 2.71 bits per heavy atom. The highest BCUT2D eigenvalue weighted by Gasteiger charge is 2.18. The summed E-state index contributed by atoms with van der Waals surface area (Å²) in [6.45, 7) is 8.22. The third kappa shape index (κ3) is 5.30. The van der Waals surface area contributed by atoms with E-state index in [-0.39, 0.29) is 11.5 Å². The Bertz CT molecular complexity index is 511. The molecule has 0 atom stereocenters. The van der Waals surface area contributed by atoms with Crippen molar-refractivity contribution in [2.75, 3.05) is 26.8 Å². The first-order chi connectivity index (χ1) is 9.99. The maximum absolute atomic E-state index is 12.5. The molecular formula is C15H25N3O3. The van der Waals surface area contributed by atoms with Crippen LogP contribution in [0.25, 0.3) is 0 Å². The van der Waals surface area contributed by atoms with Crippen molar-refractivity contribution in [3.8, 4) is 0 Å². The minimum absolute atomic E-state index is 0.161. The SMILES string of the molecule is CCCn1nc(C(=O)N(CCOC)CC(C)C)ccc1=O. The van der Waals surface area contributed by atoms with Crippen molar-refractivity contribution >= 4 is 5.91 Å². The summed E-state index contributed by atoms with van der Waals surface area (Å²) in [4.78, 5) is 25.9. The molecule has 0 aliphatic carbocycles. The highest BCUT2D eigenvalue weighted by molar-refractivity contribution is 5.92. The number of aryl methyl sites for hydroxylation is 1. The largest absolute Gasteiger partial charge is 0.383 e. The molecular weight excluding hydrogens is 270 g/mol. The number of rotatable bonds is 8. The van der Waals surface area contributed by atoms with Crippen LogP contribution in [0.1, 0.15) is 37.7 Å². The molecule has 0 aromatic carbocycles.